The summed E-state index contributed by atoms with van der Waals surface area (Å²) in [4.78, 5) is 10.8. The Morgan fingerprint density at radius 1 is 1.37 bits per heavy atom. The highest BCUT2D eigenvalue weighted by atomic mass is 32.2. The maximum atomic E-state index is 10.8. The van der Waals surface area contributed by atoms with Crippen LogP contribution in [0.3, 0.4) is 0 Å². The van der Waals surface area contributed by atoms with E-state index in [1.807, 2.05) is 11.8 Å². The molecule has 19 heavy (non-hydrogen) atoms. The quantitative estimate of drug-likeness (QED) is 0.785. The Morgan fingerprint density at radius 3 is 2.68 bits per heavy atom. The molecule has 0 spiro atoms. The van der Waals surface area contributed by atoms with Crippen molar-refractivity contribution in [2.45, 2.75) is 61.9 Å². The van der Waals surface area contributed by atoms with Gasteiger partial charge >= 0.3 is 5.97 Å². The summed E-state index contributed by atoms with van der Waals surface area (Å²) in [7, 11) is 0. The van der Waals surface area contributed by atoms with Gasteiger partial charge in [0, 0.05) is 17.8 Å². The van der Waals surface area contributed by atoms with E-state index in [1.54, 1.807) is 0 Å². The molecule has 5 heteroatoms. The number of rotatable bonds is 6. The zero-order valence-corrected chi connectivity index (χ0v) is 12.5. The van der Waals surface area contributed by atoms with Gasteiger partial charge in [-0.25, -0.2) is 4.79 Å². The van der Waals surface area contributed by atoms with Crippen molar-refractivity contribution in [1.82, 2.24) is 5.32 Å². The number of ether oxygens (including phenoxy) is 1. The van der Waals surface area contributed by atoms with Crippen molar-refractivity contribution in [2.75, 3.05) is 19.3 Å². The summed E-state index contributed by atoms with van der Waals surface area (Å²) in [5, 5.41) is 12.4. The number of carboxylic acid groups (broad SMARTS) is 1. The molecule has 1 aliphatic heterocycles. The van der Waals surface area contributed by atoms with Crippen LogP contribution in [0.5, 0.6) is 0 Å². The van der Waals surface area contributed by atoms with E-state index >= 15 is 0 Å². The van der Waals surface area contributed by atoms with Gasteiger partial charge in [0.05, 0.1) is 6.10 Å². The predicted octanol–water partition coefficient (Wildman–Crippen LogP) is 2.27. The average Bonchev–Trinajstić information content (AvgIpc) is 2.89. The minimum atomic E-state index is -0.824. The second-order valence-electron chi connectivity index (χ2n) is 5.74. The normalized spacial score (nSPS) is 30.4. The summed E-state index contributed by atoms with van der Waals surface area (Å²) in [6.07, 6.45) is 9.83. The van der Waals surface area contributed by atoms with Gasteiger partial charge in [-0.05, 0) is 31.9 Å². The zero-order valence-electron chi connectivity index (χ0n) is 11.7. The number of thioether (sulfide) groups is 1. The van der Waals surface area contributed by atoms with Gasteiger partial charge < -0.3 is 15.2 Å². The Labute approximate surface area is 119 Å². The van der Waals surface area contributed by atoms with Gasteiger partial charge in [0.25, 0.3) is 0 Å². The van der Waals surface area contributed by atoms with Gasteiger partial charge in [-0.3, -0.25) is 0 Å². The van der Waals surface area contributed by atoms with Crippen molar-refractivity contribution >= 4 is 17.7 Å². The first-order valence-corrected chi connectivity index (χ1v) is 8.52. The molecule has 1 heterocycles. The highest BCUT2D eigenvalue weighted by molar-refractivity contribution is 8.00. The van der Waals surface area contributed by atoms with Crippen LogP contribution in [0.25, 0.3) is 0 Å². The van der Waals surface area contributed by atoms with E-state index in [2.05, 4.69) is 11.6 Å². The maximum Gasteiger partial charge on any atom is 0.332 e. The smallest absolute Gasteiger partial charge is 0.332 e. The molecule has 0 bridgehead atoms. The van der Waals surface area contributed by atoms with E-state index in [1.165, 1.54) is 32.1 Å². The Kier molecular flexibility index (Phi) is 5.54. The lowest BCUT2D eigenvalue weighted by molar-refractivity contribution is -0.149. The first kappa shape index (κ1) is 15.1. The molecule has 1 saturated carbocycles. The Morgan fingerprint density at radius 2 is 2.11 bits per heavy atom. The van der Waals surface area contributed by atoms with Gasteiger partial charge in [-0.1, -0.05) is 19.3 Å². The van der Waals surface area contributed by atoms with E-state index in [-0.39, 0.29) is 6.10 Å². The molecule has 0 aromatic carbocycles. The summed E-state index contributed by atoms with van der Waals surface area (Å²) in [5.74, 6) is -0.824. The van der Waals surface area contributed by atoms with Crippen LogP contribution in [0, 0.1) is 0 Å². The molecule has 2 atom stereocenters. The lowest BCUT2D eigenvalue weighted by Crippen LogP contribution is -2.42. The Hall–Kier alpha value is -0.260. The molecule has 0 aromatic heterocycles. The number of carbonyl (C=O) groups is 1. The number of nitrogens with one attached hydrogen (secondary N) is 1. The summed E-state index contributed by atoms with van der Waals surface area (Å²) < 4.78 is 5.90. The summed E-state index contributed by atoms with van der Waals surface area (Å²) in [5.41, 5.74) is 0. The Balaban J connectivity index is 1.70. The number of carboxylic acids is 1. The molecule has 2 aliphatic rings. The third kappa shape index (κ3) is 4.10. The van der Waals surface area contributed by atoms with Crippen LogP contribution < -0.4 is 5.32 Å². The topological polar surface area (TPSA) is 58.6 Å². The van der Waals surface area contributed by atoms with E-state index in [0.717, 1.165) is 19.5 Å². The van der Waals surface area contributed by atoms with Crippen molar-refractivity contribution in [1.29, 1.82) is 0 Å². The molecule has 4 nitrogen and oxygen atoms in total. The molecular weight excluding hydrogens is 262 g/mol. The second-order valence-corrected chi connectivity index (χ2v) is 7.02. The Bertz CT molecular complexity index is 305. The highest BCUT2D eigenvalue weighted by Gasteiger charge is 2.33. The van der Waals surface area contributed by atoms with E-state index in [4.69, 9.17) is 9.84 Å². The minimum Gasteiger partial charge on any atom is -0.479 e. The molecular formula is C14H25NO3S. The van der Waals surface area contributed by atoms with E-state index in [9.17, 15) is 4.79 Å². The fourth-order valence-corrected chi connectivity index (χ4v) is 4.09. The SMILES string of the molecule is CSC1(CNCC2CCC(C(=O)O)O2)CCCCC1. The largest absolute Gasteiger partial charge is 0.479 e. The van der Waals surface area contributed by atoms with Gasteiger partial charge in [-0.15, -0.1) is 0 Å². The zero-order chi connectivity index (χ0) is 13.7. The van der Waals surface area contributed by atoms with Crippen molar-refractivity contribution in [2.24, 2.45) is 0 Å². The van der Waals surface area contributed by atoms with Gasteiger partial charge in [0.2, 0.25) is 0 Å². The van der Waals surface area contributed by atoms with E-state index < -0.39 is 12.1 Å². The summed E-state index contributed by atoms with van der Waals surface area (Å²) >= 11 is 1.98. The van der Waals surface area contributed by atoms with Crippen LogP contribution in [-0.2, 0) is 9.53 Å². The molecule has 1 saturated heterocycles. The molecule has 0 radical (unpaired) electrons. The molecule has 2 fully saturated rings. The molecule has 0 amide bonds. The van der Waals surface area contributed by atoms with Crippen LogP contribution in [0.1, 0.15) is 44.9 Å². The summed E-state index contributed by atoms with van der Waals surface area (Å²) in [6, 6.07) is 0. The lowest BCUT2D eigenvalue weighted by Gasteiger charge is -2.36. The van der Waals surface area contributed by atoms with Crippen molar-refractivity contribution in [3.05, 3.63) is 0 Å². The van der Waals surface area contributed by atoms with Crippen molar-refractivity contribution < 1.29 is 14.6 Å². The molecule has 2 rings (SSSR count). The van der Waals surface area contributed by atoms with Gasteiger partial charge in [0.15, 0.2) is 6.10 Å². The lowest BCUT2D eigenvalue weighted by atomic mass is 9.88. The fraction of sp³-hybridized carbons (Fsp3) is 0.929. The van der Waals surface area contributed by atoms with Gasteiger partial charge in [0.1, 0.15) is 0 Å². The minimum absolute atomic E-state index is 0.0728. The fourth-order valence-electron chi connectivity index (χ4n) is 3.15. The first-order valence-electron chi connectivity index (χ1n) is 7.29. The van der Waals surface area contributed by atoms with Crippen LogP contribution in [0.15, 0.2) is 0 Å². The first-order chi connectivity index (χ1) is 9.15. The third-order valence-corrected chi connectivity index (χ3v) is 5.82. The number of hydrogen-bond acceptors (Lipinski definition) is 4. The van der Waals surface area contributed by atoms with Crippen LogP contribution in [-0.4, -0.2) is 47.4 Å². The average molecular weight is 287 g/mol. The standard InChI is InChI=1S/C14H25NO3S/c1-19-14(7-3-2-4-8-14)10-15-9-11-5-6-12(18-11)13(16)17/h11-12,15H,2-10H2,1H3,(H,16,17). The number of hydrogen-bond donors (Lipinski definition) is 2. The monoisotopic (exact) mass is 287 g/mol. The molecule has 2 N–H and O–H groups in total. The third-order valence-electron chi connectivity index (χ3n) is 4.40. The highest BCUT2D eigenvalue weighted by Crippen LogP contribution is 2.38. The maximum absolute atomic E-state index is 10.8. The van der Waals surface area contributed by atoms with Crippen molar-refractivity contribution in [3.63, 3.8) is 0 Å². The predicted molar refractivity (Wildman–Crippen MR) is 77.7 cm³/mol. The molecule has 1 aliphatic carbocycles. The molecule has 2 unspecified atom stereocenters. The van der Waals surface area contributed by atoms with Crippen LogP contribution in [0.4, 0.5) is 0 Å². The molecule has 0 aromatic rings. The van der Waals surface area contributed by atoms with Gasteiger partial charge in [-0.2, -0.15) is 11.8 Å². The van der Waals surface area contributed by atoms with Crippen molar-refractivity contribution in [3.8, 4) is 0 Å². The van der Waals surface area contributed by atoms with Crippen LogP contribution >= 0.6 is 11.8 Å². The summed E-state index contributed by atoms with van der Waals surface area (Å²) in [6.45, 7) is 1.80. The van der Waals surface area contributed by atoms with E-state index in [0.29, 0.717) is 11.2 Å². The van der Waals surface area contributed by atoms with Crippen LogP contribution in [0.2, 0.25) is 0 Å². The second kappa shape index (κ2) is 6.95. The number of aliphatic carboxylic acids is 1. The molecule has 110 valence electrons.